The number of alkyl carbamates (subject to hydrolysis) is 1. The molecule has 1 saturated carbocycles. The lowest BCUT2D eigenvalue weighted by Crippen LogP contribution is -2.53. The van der Waals surface area contributed by atoms with Crippen LogP contribution in [0.3, 0.4) is 0 Å². The van der Waals surface area contributed by atoms with Crippen LogP contribution in [-0.2, 0) is 14.3 Å². The van der Waals surface area contributed by atoms with Gasteiger partial charge in [0.05, 0.1) is 0 Å². The predicted octanol–water partition coefficient (Wildman–Crippen LogP) is 6.53. The number of anilines is 1. The Morgan fingerprint density at radius 3 is 2.26 bits per heavy atom. The molecule has 5 N–H and O–H groups in total. The molecule has 0 saturated heterocycles. The molecule has 2 aliphatic rings. The molecular formula is C40H46N4O6. The van der Waals surface area contributed by atoms with Gasteiger partial charge in [-0.15, -0.1) is 0 Å². The molecule has 10 heteroatoms. The van der Waals surface area contributed by atoms with Crippen LogP contribution in [0.15, 0.2) is 82.0 Å². The lowest BCUT2D eigenvalue weighted by molar-refractivity contribution is -0.128. The van der Waals surface area contributed by atoms with Crippen molar-refractivity contribution < 1.29 is 23.5 Å². The Balaban J connectivity index is 1.15. The van der Waals surface area contributed by atoms with Crippen LogP contribution in [0.4, 0.5) is 10.5 Å². The molecule has 3 amide bonds. The van der Waals surface area contributed by atoms with Crippen molar-refractivity contribution in [2.45, 2.75) is 82.7 Å². The number of carbonyl (C=O) groups excluding carboxylic acids is 3. The van der Waals surface area contributed by atoms with E-state index in [4.69, 9.17) is 14.9 Å². The number of benzene rings is 3. The highest BCUT2D eigenvalue weighted by Gasteiger charge is 2.32. The number of ether oxygens (including phenoxy) is 1. The van der Waals surface area contributed by atoms with Gasteiger partial charge in [-0.3, -0.25) is 9.59 Å². The van der Waals surface area contributed by atoms with Crippen molar-refractivity contribution in [3.8, 4) is 11.1 Å². The summed E-state index contributed by atoms with van der Waals surface area (Å²) in [5.41, 5.74) is 11.3. The zero-order chi connectivity index (χ0) is 35.0. The molecule has 1 heterocycles. The van der Waals surface area contributed by atoms with Crippen LogP contribution < -0.4 is 27.3 Å². The second kappa shape index (κ2) is 16.2. The fourth-order valence-electron chi connectivity index (χ4n) is 7.44. The number of unbranched alkanes of at least 4 members (excludes halogenated alkanes) is 1. The molecule has 50 heavy (non-hydrogen) atoms. The van der Waals surface area contributed by atoms with E-state index >= 15 is 0 Å². The molecule has 2 atom stereocenters. The lowest BCUT2D eigenvalue weighted by atomic mass is 9.84. The summed E-state index contributed by atoms with van der Waals surface area (Å²) in [7, 11) is 0. The molecule has 0 aliphatic heterocycles. The van der Waals surface area contributed by atoms with Gasteiger partial charge in [-0.25, -0.2) is 9.59 Å². The van der Waals surface area contributed by atoms with Gasteiger partial charge < -0.3 is 30.8 Å². The van der Waals surface area contributed by atoms with E-state index in [2.05, 4.69) is 40.2 Å². The smallest absolute Gasteiger partial charge is 0.407 e. The van der Waals surface area contributed by atoms with Crippen molar-refractivity contribution in [3.63, 3.8) is 0 Å². The molecule has 0 unspecified atom stereocenters. The second-order valence-corrected chi connectivity index (χ2v) is 13.6. The fraction of sp³-hybridized carbons (Fsp3) is 0.400. The second-order valence-electron chi connectivity index (χ2n) is 13.6. The van der Waals surface area contributed by atoms with Gasteiger partial charge in [0.15, 0.2) is 0 Å². The van der Waals surface area contributed by atoms with Gasteiger partial charge in [0, 0.05) is 29.1 Å². The topological polar surface area (TPSA) is 153 Å². The monoisotopic (exact) mass is 678 g/mol. The summed E-state index contributed by atoms with van der Waals surface area (Å²) in [5, 5.41) is 9.43. The molecule has 6 rings (SSSR count). The van der Waals surface area contributed by atoms with E-state index in [1.54, 1.807) is 18.2 Å². The first-order chi connectivity index (χ1) is 24.3. The minimum atomic E-state index is -0.882. The minimum Gasteiger partial charge on any atom is -0.449 e. The van der Waals surface area contributed by atoms with E-state index in [0.717, 1.165) is 65.3 Å². The lowest BCUT2D eigenvalue weighted by Gasteiger charge is -2.28. The Kier molecular flexibility index (Phi) is 11.3. The van der Waals surface area contributed by atoms with Crippen LogP contribution in [0.25, 0.3) is 22.1 Å². The van der Waals surface area contributed by atoms with Crippen LogP contribution in [0.1, 0.15) is 80.4 Å². The van der Waals surface area contributed by atoms with Crippen molar-refractivity contribution >= 4 is 34.6 Å². The number of amides is 3. The van der Waals surface area contributed by atoms with Crippen LogP contribution >= 0.6 is 0 Å². The molecule has 262 valence electrons. The Bertz CT molecular complexity index is 1850. The number of fused-ring (bicyclic) bond motifs is 4. The third kappa shape index (κ3) is 8.25. The zero-order valence-electron chi connectivity index (χ0n) is 28.5. The number of aryl methyl sites for hydroxylation is 1. The highest BCUT2D eigenvalue weighted by Crippen LogP contribution is 2.44. The minimum absolute atomic E-state index is 0.110. The molecular weight excluding hydrogens is 632 g/mol. The third-order valence-electron chi connectivity index (χ3n) is 10.0. The quantitative estimate of drug-likeness (QED) is 0.0927. The van der Waals surface area contributed by atoms with E-state index in [9.17, 15) is 19.2 Å². The van der Waals surface area contributed by atoms with Crippen molar-refractivity contribution in [1.29, 1.82) is 0 Å². The summed E-state index contributed by atoms with van der Waals surface area (Å²) in [4.78, 5) is 52.9. The van der Waals surface area contributed by atoms with E-state index in [-0.39, 0.29) is 18.4 Å². The summed E-state index contributed by atoms with van der Waals surface area (Å²) in [6, 6.07) is 21.0. The highest BCUT2D eigenvalue weighted by atomic mass is 16.5. The maximum atomic E-state index is 14.0. The summed E-state index contributed by atoms with van der Waals surface area (Å²) in [6.45, 7) is 2.41. The fourth-order valence-corrected chi connectivity index (χ4v) is 7.44. The molecule has 4 aromatic rings. The number of hydrogen-bond donors (Lipinski definition) is 4. The largest absolute Gasteiger partial charge is 0.449 e. The molecule has 1 aromatic heterocycles. The van der Waals surface area contributed by atoms with E-state index < -0.39 is 35.6 Å². The van der Waals surface area contributed by atoms with Crippen LogP contribution in [0.5, 0.6) is 0 Å². The maximum Gasteiger partial charge on any atom is 0.407 e. The summed E-state index contributed by atoms with van der Waals surface area (Å²) in [6.07, 6.45) is 6.74. The van der Waals surface area contributed by atoms with Crippen LogP contribution in [0.2, 0.25) is 0 Å². The molecule has 1 fully saturated rings. The van der Waals surface area contributed by atoms with Gasteiger partial charge in [-0.1, -0.05) is 80.6 Å². The first-order valence-electron chi connectivity index (χ1n) is 17.8. The SMILES string of the molecule is Cc1cc(=O)oc2cc(NC(=O)[C@H](CCCCN)NC(=O)[C@H](CC3CCCCC3)NC(=O)OCC3c4ccccc4-c4ccccc43)ccc12. The number of nitrogens with two attached hydrogens (primary N) is 1. The van der Waals surface area contributed by atoms with Gasteiger partial charge >= 0.3 is 11.7 Å². The van der Waals surface area contributed by atoms with Crippen molar-refractivity contribution in [2.75, 3.05) is 18.5 Å². The van der Waals surface area contributed by atoms with E-state index in [1.165, 1.54) is 6.07 Å². The Hall–Kier alpha value is -4.96. The van der Waals surface area contributed by atoms with Gasteiger partial charge in [-0.05, 0) is 85.0 Å². The van der Waals surface area contributed by atoms with Crippen molar-refractivity contribution in [3.05, 3.63) is 99.9 Å². The molecule has 0 radical (unpaired) electrons. The first kappa shape index (κ1) is 34.9. The van der Waals surface area contributed by atoms with E-state index in [0.29, 0.717) is 43.5 Å². The molecule has 0 bridgehead atoms. The highest BCUT2D eigenvalue weighted by molar-refractivity contribution is 5.99. The number of carbonyl (C=O) groups is 3. The Morgan fingerprint density at radius 1 is 0.860 bits per heavy atom. The number of rotatable bonds is 13. The third-order valence-corrected chi connectivity index (χ3v) is 10.0. The number of nitrogens with one attached hydrogen (secondary N) is 3. The Morgan fingerprint density at radius 2 is 1.56 bits per heavy atom. The maximum absolute atomic E-state index is 14.0. The zero-order valence-corrected chi connectivity index (χ0v) is 28.5. The summed E-state index contributed by atoms with van der Waals surface area (Å²) in [5.74, 6) is -0.686. The van der Waals surface area contributed by atoms with Gasteiger partial charge in [0.2, 0.25) is 11.8 Å². The molecule has 3 aromatic carbocycles. The molecule has 10 nitrogen and oxygen atoms in total. The van der Waals surface area contributed by atoms with Crippen LogP contribution in [-0.4, -0.2) is 43.1 Å². The van der Waals surface area contributed by atoms with Crippen molar-refractivity contribution in [2.24, 2.45) is 11.7 Å². The normalized spacial score (nSPS) is 15.5. The van der Waals surface area contributed by atoms with Crippen molar-refractivity contribution in [1.82, 2.24) is 10.6 Å². The molecule has 2 aliphatic carbocycles. The Labute approximate surface area is 292 Å². The first-order valence-corrected chi connectivity index (χ1v) is 17.8. The average molecular weight is 679 g/mol. The molecule has 0 spiro atoms. The predicted molar refractivity (Wildman–Crippen MR) is 194 cm³/mol. The van der Waals surface area contributed by atoms with Gasteiger partial charge in [0.25, 0.3) is 0 Å². The standard InChI is InChI=1S/C40H46N4O6/c1-25-21-37(45)50-36-23-27(18-19-28(25)36)42-38(46)34(17-9-10-20-41)43-39(47)35(22-26-11-3-2-4-12-26)44-40(48)49-24-33-31-15-7-5-13-29(31)30-14-6-8-16-32(30)33/h5-8,13-16,18-19,21,23,26,33-35H,2-4,9-12,17,20,22,24,41H2,1H3,(H,42,46)(H,43,47)(H,44,48)/t34-,35-/m0/s1. The van der Waals surface area contributed by atoms with E-state index in [1.807, 2.05) is 31.2 Å². The summed E-state index contributed by atoms with van der Waals surface area (Å²) >= 11 is 0. The van der Waals surface area contributed by atoms with Gasteiger partial charge in [0.1, 0.15) is 24.3 Å². The average Bonchev–Trinajstić information content (AvgIpc) is 3.43. The van der Waals surface area contributed by atoms with Gasteiger partial charge in [-0.2, -0.15) is 0 Å². The number of hydrogen-bond acceptors (Lipinski definition) is 7. The van der Waals surface area contributed by atoms with Crippen LogP contribution in [0, 0.1) is 12.8 Å². The summed E-state index contributed by atoms with van der Waals surface area (Å²) < 4.78 is 11.2.